The lowest BCUT2D eigenvalue weighted by atomic mass is 10.1. The van der Waals surface area contributed by atoms with Crippen molar-refractivity contribution in [3.05, 3.63) is 71.4 Å². The molecule has 0 radical (unpaired) electrons. The highest BCUT2D eigenvalue weighted by molar-refractivity contribution is 6.30. The molecule has 0 saturated heterocycles. The summed E-state index contributed by atoms with van der Waals surface area (Å²) in [5.41, 5.74) is 3.25. The zero-order valence-electron chi connectivity index (χ0n) is 14.3. The number of benzene rings is 2. The molecule has 4 rings (SSSR count). The molecule has 134 valence electrons. The quantitative estimate of drug-likeness (QED) is 0.567. The van der Waals surface area contributed by atoms with Gasteiger partial charge in [-0.3, -0.25) is 0 Å². The Hall–Kier alpha value is -3.38. The van der Waals surface area contributed by atoms with Crippen molar-refractivity contribution in [1.29, 1.82) is 0 Å². The van der Waals surface area contributed by atoms with Crippen LogP contribution in [0, 0.1) is 0 Å². The van der Waals surface area contributed by atoms with E-state index in [0.717, 1.165) is 11.1 Å². The first-order valence-electron chi connectivity index (χ1n) is 8.10. The lowest BCUT2D eigenvalue weighted by Gasteiger charge is -2.12. The Morgan fingerprint density at radius 2 is 1.93 bits per heavy atom. The van der Waals surface area contributed by atoms with Gasteiger partial charge in [-0.05, 0) is 30.3 Å². The maximum absolute atomic E-state index is 11.4. The van der Waals surface area contributed by atoms with Gasteiger partial charge in [0, 0.05) is 22.2 Å². The molecule has 0 amide bonds. The number of aromatic carboxylic acids is 1. The highest BCUT2D eigenvalue weighted by Crippen LogP contribution is 2.33. The summed E-state index contributed by atoms with van der Waals surface area (Å²) in [5, 5.41) is 14.1. The van der Waals surface area contributed by atoms with E-state index in [4.69, 9.17) is 16.3 Å². The fourth-order valence-corrected chi connectivity index (χ4v) is 3.11. The molecule has 4 aromatic rings. The Kier molecular flexibility index (Phi) is 4.25. The number of methoxy groups -OCH3 is 1. The second kappa shape index (κ2) is 6.74. The van der Waals surface area contributed by atoms with Crippen molar-refractivity contribution in [2.75, 3.05) is 7.11 Å². The molecule has 0 spiro atoms. The largest absolute Gasteiger partial charge is 0.496 e. The highest BCUT2D eigenvalue weighted by atomic mass is 35.5. The van der Waals surface area contributed by atoms with Crippen LogP contribution in [0.3, 0.4) is 0 Å². The topological polar surface area (TPSA) is 76.7 Å². The van der Waals surface area contributed by atoms with Crippen LogP contribution in [0.2, 0.25) is 5.02 Å². The van der Waals surface area contributed by atoms with E-state index >= 15 is 0 Å². The summed E-state index contributed by atoms with van der Waals surface area (Å²) in [4.78, 5) is 16.0. The van der Waals surface area contributed by atoms with Gasteiger partial charge < -0.3 is 9.84 Å². The van der Waals surface area contributed by atoms with Crippen LogP contribution in [0.1, 0.15) is 10.5 Å². The monoisotopic (exact) mass is 379 g/mol. The molecule has 27 heavy (non-hydrogen) atoms. The first-order chi connectivity index (χ1) is 13.1. The molecule has 0 aliphatic carbocycles. The van der Waals surface area contributed by atoms with E-state index < -0.39 is 5.97 Å². The van der Waals surface area contributed by atoms with Gasteiger partial charge in [0.1, 0.15) is 5.75 Å². The van der Waals surface area contributed by atoms with Gasteiger partial charge in [0.05, 0.1) is 18.5 Å². The molecule has 1 N–H and O–H groups in total. The zero-order chi connectivity index (χ0) is 19.0. The number of halogens is 1. The van der Waals surface area contributed by atoms with Gasteiger partial charge >= 0.3 is 5.97 Å². The third kappa shape index (κ3) is 3.11. The van der Waals surface area contributed by atoms with Crippen molar-refractivity contribution in [3.8, 4) is 28.3 Å². The molecule has 0 aliphatic rings. The van der Waals surface area contributed by atoms with E-state index in [1.54, 1.807) is 19.2 Å². The predicted molar refractivity (Wildman–Crippen MR) is 102 cm³/mol. The van der Waals surface area contributed by atoms with E-state index in [2.05, 4.69) is 10.1 Å². The minimum Gasteiger partial charge on any atom is -0.496 e. The average molecular weight is 380 g/mol. The van der Waals surface area contributed by atoms with Gasteiger partial charge in [0.25, 0.3) is 0 Å². The van der Waals surface area contributed by atoms with Crippen molar-refractivity contribution in [2.45, 2.75) is 0 Å². The van der Waals surface area contributed by atoms with Crippen LogP contribution >= 0.6 is 11.6 Å². The molecule has 0 bridgehead atoms. The summed E-state index contributed by atoms with van der Waals surface area (Å²) in [6.07, 6.45) is 0. The number of ether oxygens (including phenoxy) is 1. The van der Waals surface area contributed by atoms with E-state index in [-0.39, 0.29) is 5.69 Å². The molecule has 0 saturated carbocycles. The molecule has 0 aliphatic heterocycles. The smallest absolute Gasteiger partial charge is 0.356 e. The minimum atomic E-state index is -1.12. The van der Waals surface area contributed by atoms with Crippen molar-refractivity contribution >= 4 is 23.2 Å². The average Bonchev–Trinajstić information content (AvgIpc) is 3.12. The molecule has 2 heterocycles. The molecular formula is C20H14ClN3O3. The van der Waals surface area contributed by atoms with Crippen LogP contribution in [0.4, 0.5) is 0 Å². The third-order valence-corrected chi connectivity index (χ3v) is 4.38. The van der Waals surface area contributed by atoms with Gasteiger partial charge in [0.15, 0.2) is 11.3 Å². The van der Waals surface area contributed by atoms with Crippen LogP contribution < -0.4 is 4.74 Å². The number of aromatic nitrogens is 3. The minimum absolute atomic E-state index is 0.0816. The maximum atomic E-state index is 11.4. The van der Waals surface area contributed by atoms with Gasteiger partial charge in [-0.1, -0.05) is 35.9 Å². The summed E-state index contributed by atoms with van der Waals surface area (Å²) in [6.45, 7) is 0. The number of rotatable bonds is 4. The van der Waals surface area contributed by atoms with Crippen LogP contribution in [-0.2, 0) is 0 Å². The van der Waals surface area contributed by atoms with Crippen molar-refractivity contribution in [3.63, 3.8) is 0 Å². The fourth-order valence-electron chi connectivity index (χ4n) is 2.92. The van der Waals surface area contributed by atoms with Crippen molar-refractivity contribution in [1.82, 2.24) is 14.6 Å². The Morgan fingerprint density at radius 3 is 2.67 bits per heavy atom. The highest BCUT2D eigenvalue weighted by Gasteiger charge is 2.17. The second-order valence-corrected chi connectivity index (χ2v) is 6.28. The number of hydrogen-bond acceptors (Lipinski definition) is 4. The third-order valence-electron chi connectivity index (χ3n) is 4.15. The normalized spacial score (nSPS) is 10.9. The summed E-state index contributed by atoms with van der Waals surface area (Å²) in [6, 6.07) is 18.1. The van der Waals surface area contributed by atoms with E-state index in [1.807, 2.05) is 42.5 Å². The number of carbonyl (C=O) groups is 1. The van der Waals surface area contributed by atoms with E-state index in [1.165, 1.54) is 10.6 Å². The van der Waals surface area contributed by atoms with Crippen molar-refractivity contribution in [2.24, 2.45) is 0 Å². The molecule has 7 heteroatoms. The van der Waals surface area contributed by atoms with Crippen LogP contribution in [0.5, 0.6) is 5.75 Å². The molecular weight excluding hydrogens is 366 g/mol. The number of fused-ring (bicyclic) bond motifs is 1. The Morgan fingerprint density at radius 1 is 1.11 bits per heavy atom. The Balaban J connectivity index is 2.04. The summed E-state index contributed by atoms with van der Waals surface area (Å²) in [5.74, 6) is -0.467. The van der Waals surface area contributed by atoms with Gasteiger partial charge in [0.2, 0.25) is 0 Å². The maximum Gasteiger partial charge on any atom is 0.356 e. The summed E-state index contributed by atoms with van der Waals surface area (Å²) < 4.78 is 6.98. The lowest BCUT2D eigenvalue weighted by molar-refractivity contribution is 0.0690. The number of hydrogen-bond donors (Lipinski definition) is 1. The van der Waals surface area contributed by atoms with Gasteiger partial charge in [-0.15, -0.1) is 0 Å². The number of nitrogens with zero attached hydrogens (tertiary/aromatic N) is 3. The molecule has 2 aromatic heterocycles. The lowest BCUT2D eigenvalue weighted by Crippen LogP contribution is -2.01. The van der Waals surface area contributed by atoms with E-state index in [9.17, 15) is 9.90 Å². The summed E-state index contributed by atoms with van der Waals surface area (Å²) in [7, 11) is 1.58. The number of para-hydroxylation sites is 1. The first kappa shape index (κ1) is 17.1. The van der Waals surface area contributed by atoms with Crippen molar-refractivity contribution < 1.29 is 14.6 Å². The van der Waals surface area contributed by atoms with Crippen LogP contribution in [-0.4, -0.2) is 32.8 Å². The Bertz CT molecular complexity index is 1170. The molecule has 2 aromatic carbocycles. The zero-order valence-corrected chi connectivity index (χ0v) is 15.0. The fraction of sp³-hybridized carbons (Fsp3) is 0.0500. The molecule has 0 atom stereocenters. The number of carboxylic acid groups (broad SMARTS) is 1. The van der Waals surface area contributed by atoms with Gasteiger partial charge in [-0.2, -0.15) is 5.10 Å². The first-order valence-corrected chi connectivity index (χ1v) is 8.48. The van der Waals surface area contributed by atoms with Gasteiger partial charge in [-0.25, -0.2) is 14.3 Å². The Labute approximate surface area is 159 Å². The standard InChI is InChI=1S/C20H14ClN3O3/c1-27-18-8-3-2-7-14(18)17-10-15(12-5-4-6-13(21)9-12)22-19-11-16(20(25)26)23-24(17)19/h2-11H,1H3,(H,25,26). The van der Waals surface area contributed by atoms with E-state index in [0.29, 0.717) is 27.8 Å². The molecule has 0 fully saturated rings. The second-order valence-electron chi connectivity index (χ2n) is 5.84. The SMILES string of the molecule is COc1ccccc1-c1cc(-c2cccc(Cl)c2)nc2cc(C(=O)O)nn12. The van der Waals surface area contributed by atoms with Crippen LogP contribution in [0.25, 0.3) is 28.2 Å². The molecule has 6 nitrogen and oxygen atoms in total. The predicted octanol–water partition coefficient (Wildman–Crippen LogP) is 4.42. The summed E-state index contributed by atoms with van der Waals surface area (Å²) >= 11 is 6.12. The molecule has 0 unspecified atom stereocenters. The number of carboxylic acids is 1. The van der Waals surface area contributed by atoms with Crippen LogP contribution in [0.15, 0.2) is 60.7 Å².